The molecule has 28 heavy (non-hydrogen) atoms. The van der Waals surface area contributed by atoms with Crippen molar-refractivity contribution in [1.29, 1.82) is 0 Å². The number of amides is 1. The van der Waals surface area contributed by atoms with Crippen molar-refractivity contribution < 1.29 is 18.7 Å². The molecule has 0 radical (unpaired) electrons. The van der Waals surface area contributed by atoms with Gasteiger partial charge in [0.05, 0.1) is 13.2 Å². The lowest BCUT2D eigenvalue weighted by molar-refractivity contribution is -0.169. The number of halogens is 1. The molecule has 8 heteroatoms. The molecule has 2 aliphatic rings. The fourth-order valence-electron chi connectivity index (χ4n) is 3.52. The average Bonchev–Trinajstić information content (AvgIpc) is 3.15. The number of rotatable bonds is 4. The van der Waals surface area contributed by atoms with Crippen LogP contribution in [0.1, 0.15) is 34.6 Å². The number of aryl methyl sites for hydroxylation is 1. The largest absolute Gasteiger partial charge is 0.347 e. The molecular formula is C20H23FN4O3. The lowest BCUT2D eigenvalue weighted by Gasteiger charge is -2.37. The standard InChI is InChI=1S/C20H23FN4O3/c1-14-12-17(18(26)22-13-15-2-4-16(21)5-3-15)24-19(23-14)25-8-6-20(7-9-25)27-10-11-28-20/h2-5,12H,6-11,13H2,1H3,(H,22,26). The van der Waals surface area contributed by atoms with Crippen molar-refractivity contribution in [2.75, 3.05) is 31.2 Å². The Morgan fingerprint density at radius 2 is 1.86 bits per heavy atom. The Kier molecular flexibility index (Phi) is 5.23. The number of hydrogen-bond acceptors (Lipinski definition) is 6. The van der Waals surface area contributed by atoms with E-state index in [2.05, 4.69) is 20.2 Å². The third-order valence-corrected chi connectivity index (χ3v) is 5.06. The van der Waals surface area contributed by atoms with Crippen molar-refractivity contribution in [3.05, 3.63) is 53.1 Å². The van der Waals surface area contributed by atoms with Gasteiger partial charge in [-0.05, 0) is 30.7 Å². The first-order valence-corrected chi connectivity index (χ1v) is 9.44. The van der Waals surface area contributed by atoms with E-state index in [0.29, 0.717) is 44.5 Å². The molecule has 2 aromatic rings. The Hall–Kier alpha value is -2.58. The third-order valence-electron chi connectivity index (χ3n) is 5.06. The quantitative estimate of drug-likeness (QED) is 0.868. The topological polar surface area (TPSA) is 76.6 Å². The highest BCUT2D eigenvalue weighted by atomic mass is 19.1. The highest BCUT2D eigenvalue weighted by Crippen LogP contribution is 2.32. The molecule has 1 amide bonds. The molecule has 3 heterocycles. The Balaban J connectivity index is 1.41. The normalized spacial score (nSPS) is 18.4. The van der Waals surface area contributed by atoms with Crippen LogP contribution in [0.5, 0.6) is 0 Å². The summed E-state index contributed by atoms with van der Waals surface area (Å²) >= 11 is 0. The van der Waals surface area contributed by atoms with Crippen molar-refractivity contribution >= 4 is 11.9 Å². The van der Waals surface area contributed by atoms with E-state index >= 15 is 0 Å². The molecule has 148 valence electrons. The number of piperidine rings is 1. The number of anilines is 1. The molecule has 0 saturated carbocycles. The summed E-state index contributed by atoms with van der Waals surface area (Å²) in [6.45, 7) is 4.84. The van der Waals surface area contributed by atoms with E-state index in [1.54, 1.807) is 18.2 Å². The fourth-order valence-corrected chi connectivity index (χ4v) is 3.52. The Morgan fingerprint density at radius 1 is 1.18 bits per heavy atom. The van der Waals surface area contributed by atoms with Crippen LogP contribution in [0.25, 0.3) is 0 Å². The van der Waals surface area contributed by atoms with Crippen LogP contribution in [0, 0.1) is 12.7 Å². The number of nitrogens with one attached hydrogen (secondary N) is 1. The molecular weight excluding hydrogens is 363 g/mol. The van der Waals surface area contributed by atoms with Crippen molar-refractivity contribution in [2.24, 2.45) is 0 Å². The van der Waals surface area contributed by atoms with Crippen LogP contribution in [0.4, 0.5) is 10.3 Å². The molecule has 0 aliphatic carbocycles. The number of carbonyl (C=O) groups is 1. The zero-order chi connectivity index (χ0) is 19.6. The minimum Gasteiger partial charge on any atom is -0.347 e. The van der Waals surface area contributed by atoms with E-state index in [1.165, 1.54) is 12.1 Å². The maximum Gasteiger partial charge on any atom is 0.270 e. The van der Waals surface area contributed by atoms with Gasteiger partial charge < -0.3 is 19.7 Å². The summed E-state index contributed by atoms with van der Waals surface area (Å²) in [6, 6.07) is 7.69. The maximum absolute atomic E-state index is 13.0. The van der Waals surface area contributed by atoms with Gasteiger partial charge in [0.1, 0.15) is 11.5 Å². The second-order valence-corrected chi connectivity index (χ2v) is 7.10. The summed E-state index contributed by atoms with van der Waals surface area (Å²) in [5.74, 6) is -0.509. The first-order chi connectivity index (χ1) is 13.5. The first kappa shape index (κ1) is 18.8. The second kappa shape index (κ2) is 7.81. The van der Waals surface area contributed by atoms with Gasteiger partial charge in [-0.15, -0.1) is 0 Å². The van der Waals surface area contributed by atoms with E-state index in [1.807, 2.05) is 6.92 Å². The Bertz CT molecular complexity index is 843. The van der Waals surface area contributed by atoms with Crippen LogP contribution < -0.4 is 10.2 Å². The zero-order valence-corrected chi connectivity index (χ0v) is 15.8. The lowest BCUT2D eigenvalue weighted by Crippen LogP contribution is -2.45. The number of ether oxygens (including phenoxy) is 2. The van der Waals surface area contributed by atoms with Crippen LogP contribution in [-0.2, 0) is 16.0 Å². The molecule has 0 atom stereocenters. The number of carbonyl (C=O) groups excluding carboxylic acids is 1. The molecule has 1 spiro atoms. The van der Waals surface area contributed by atoms with Gasteiger partial charge in [0, 0.05) is 38.2 Å². The van der Waals surface area contributed by atoms with Crippen LogP contribution in [0.2, 0.25) is 0 Å². The van der Waals surface area contributed by atoms with Crippen LogP contribution in [0.3, 0.4) is 0 Å². The minimum atomic E-state index is -0.463. The summed E-state index contributed by atoms with van der Waals surface area (Å²) in [4.78, 5) is 23.6. The SMILES string of the molecule is Cc1cc(C(=O)NCc2ccc(F)cc2)nc(N2CCC3(CC2)OCCO3)n1. The molecule has 0 bridgehead atoms. The molecule has 2 saturated heterocycles. The third kappa shape index (κ3) is 4.13. The van der Waals surface area contributed by atoms with Gasteiger partial charge >= 0.3 is 0 Å². The van der Waals surface area contributed by atoms with Gasteiger partial charge in [-0.1, -0.05) is 12.1 Å². The van der Waals surface area contributed by atoms with Gasteiger partial charge in [0.15, 0.2) is 5.79 Å². The number of benzene rings is 1. The van der Waals surface area contributed by atoms with Crippen LogP contribution in [-0.4, -0.2) is 48.0 Å². The van der Waals surface area contributed by atoms with E-state index in [9.17, 15) is 9.18 Å². The molecule has 1 aromatic carbocycles. The number of hydrogen-bond donors (Lipinski definition) is 1. The van der Waals surface area contributed by atoms with Gasteiger partial charge in [0.2, 0.25) is 5.95 Å². The van der Waals surface area contributed by atoms with Crippen molar-refractivity contribution in [1.82, 2.24) is 15.3 Å². The summed E-state index contributed by atoms with van der Waals surface area (Å²) in [6.07, 6.45) is 1.49. The van der Waals surface area contributed by atoms with Crippen molar-refractivity contribution in [2.45, 2.75) is 32.1 Å². The average molecular weight is 386 g/mol. The highest BCUT2D eigenvalue weighted by Gasteiger charge is 2.40. The van der Waals surface area contributed by atoms with Crippen molar-refractivity contribution in [3.63, 3.8) is 0 Å². The molecule has 1 aromatic heterocycles. The molecule has 2 fully saturated rings. The van der Waals surface area contributed by atoms with Gasteiger partial charge in [-0.3, -0.25) is 4.79 Å². The summed E-state index contributed by atoms with van der Waals surface area (Å²) in [5, 5.41) is 2.82. The second-order valence-electron chi connectivity index (χ2n) is 7.10. The summed E-state index contributed by atoms with van der Waals surface area (Å²) in [7, 11) is 0. The summed E-state index contributed by atoms with van der Waals surface area (Å²) < 4.78 is 24.5. The molecule has 1 N–H and O–H groups in total. The smallest absolute Gasteiger partial charge is 0.270 e. The predicted octanol–water partition coefficient (Wildman–Crippen LogP) is 2.20. The van der Waals surface area contributed by atoms with Gasteiger partial charge in [-0.2, -0.15) is 0 Å². The number of aromatic nitrogens is 2. The molecule has 7 nitrogen and oxygen atoms in total. The van der Waals surface area contributed by atoms with E-state index < -0.39 is 5.79 Å². The summed E-state index contributed by atoms with van der Waals surface area (Å²) in [5.41, 5.74) is 1.86. The molecule has 4 rings (SSSR count). The zero-order valence-electron chi connectivity index (χ0n) is 15.8. The van der Waals surface area contributed by atoms with Crippen LogP contribution in [0.15, 0.2) is 30.3 Å². The van der Waals surface area contributed by atoms with E-state index in [4.69, 9.17) is 9.47 Å². The Labute approximate surface area is 162 Å². The van der Waals surface area contributed by atoms with Gasteiger partial charge in [-0.25, -0.2) is 14.4 Å². The fraction of sp³-hybridized carbons (Fsp3) is 0.450. The van der Waals surface area contributed by atoms with E-state index in [0.717, 1.165) is 24.1 Å². The number of nitrogens with zero attached hydrogens (tertiary/aromatic N) is 3. The lowest BCUT2D eigenvalue weighted by atomic mass is 10.0. The molecule has 2 aliphatic heterocycles. The van der Waals surface area contributed by atoms with Crippen LogP contribution >= 0.6 is 0 Å². The van der Waals surface area contributed by atoms with E-state index in [-0.39, 0.29) is 11.7 Å². The maximum atomic E-state index is 13.0. The monoisotopic (exact) mass is 386 g/mol. The predicted molar refractivity (Wildman–Crippen MR) is 100 cm³/mol. The first-order valence-electron chi connectivity index (χ1n) is 9.44. The Morgan fingerprint density at radius 3 is 2.54 bits per heavy atom. The highest BCUT2D eigenvalue weighted by molar-refractivity contribution is 5.92. The molecule has 0 unspecified atom stereocenters. The van der Waals surface area contributed by atoms with Gasteiger partial charge in [0.25, 0.3) is 5.91 Å². The minimum absolute atomic E-state index is 0.285. The van der Waals surface area contributed by atoms with Crippen molar-refractivity contribution in [3.8, 4) is 0 Å².